The SMILES string of the molecule is CCCCCCOCCCCCCCc1ccc(C(=O)Nc2cc(N)cc(N)c2)cc1. The van der Waals surface area contributed by atoms with Gasteiger partial charge in [0.1, 0.15) is 0 Å². The molecule has 0 heterocycles. The number of ether oxygens (including phenoxy) is 1. The highest BCUT2D eigenvalue weighted by atomic mass is 16.5. The molecule has 0 fully saturated rings. The number of anilines is 3. The number of rotatable bonds is 15. The lowest BCUT2D eigenvalue weighted by Gasteiger charge is -2.08. The number of carbonyl (C=O) groups is 1. The average molecular weight is 426 g/mol. The van der Waals surface area contributed by atoms with Crippen LogP contribution < -0.4 is 16.8 Å². The van der Waals surface area contributed by atoms with Gasteiger partial charge in [-0.15, -0.1) is 0 Å². The van der Waals surface area contributed by atoms with Crippen molar-refractivity contribution < 1.29 is 9.53 Å². The van der Waals surface area contributed by atoms with Crippen LogP contribution in [0.25, 0.3) is 0 Å². The Kier molecular flexibility index (Phi) is 11.5. The van der Waals surface area contributed by atoms with Crippen LogP contribution in [0.5, 0.6) is 0 Å². The first-order valence-electron chi connectivity index (χ1n) is 11.7. The van der Waals surface area contributed by atoms with E-state index in [4.69, 9.17) is 16.2 Å². The highest BCUT2D eigenvalue weighted by Gasteiger charge is 2.07. The number of nitrogens with two attached hydrogens (primary N) is 2. The van der Waals surface area contributed by atoms with Crippen molar-refractivity contribution in [2.45, 2.75) is 71.1 Å². The molecule has 1 amide bonds. The van der Waals surface area contributed by atoms with E-state index in [0.717, 1.165) is 26.1 Å². The maximum absolute atomic E-state index is 12.4. The summed E-state index contributed by atoms with van der Waals surface area (Å²) in [5.41, 5.74) is 15.1. The predicted octanol–water partition coefficient (Wildman–Crippen LogP) is 6.19. The Morgan fingerprint density at radius 1 is 0.806 bits per heavy atom. The topological polar surface area (TPSA) is 90.4 Å². The molecule has 0 unspecified atom stereocenters. The summed E-state index contributed by atoms with van der Waals surface area (Å²) in [4.78, 5) is 12.4. The zero-order valence-corrected chi connectivity index (χ0v) is 19.0. The number of aryl methyl sites for hydroxylation is 1. The van der Waals surface area contributed by atoms with Gasteiger partial charge in [-0.3, -0.25) is 4.79 Å². The summed E-state index contributed by atoms with van der Waals surface area (Å²) in [7, 11) is 0. The summed E-state index contributed by atoms with van der Waals surface area (Å²) >= 11 is 0. The van der Waals surface area contributed by atoms with E-state index in [1.165, 1.54) is 56.9 Å². The molecule has 2 aromatic carbocycles. The maximum atomic E-state index is 12.4. The van der Waals surface area contributed by atoms with Gasteiger partial charge in [0.05, 0.1) is 0 Å². The fraction of sp³-hybridized carbons (Fsp3) is 0.500. The molecule has 0 spiro atoms. The van der Waals surface area contributed by atoms with Crippen molar-refractivity contribution in [1.82, 2.24) is 0 Å². The molecule has 5 heteroatoms. The van der Waals surface area contributed by atoms with Crippen LogP contribution in [0.4, 0.5) is 17.1 Å². The van der Waals surface area contributed by atoms with Crippen molar-refractivity contribution in [3.8, 4) is 0 Å². The van der Waals surface area contributed by atoms with Gasteiger partial charge >= 0.3 is 0 Å². The third kappa shape index (κ3) is 10.4. The van der Waals surface area contributed by atoms with Crippen LogP contribution in [0.15, 0.2) is 42.5 Å². The van der Waals surface area contributed by atoms with Crippen molar-refractivity contribution in [3.05, 3.63) is 53.6 Å². The van der Waals surface area contributed by atoms with E-state index < -0.39 is 0 Å². The van der Waals surface area contributed by atoms with E-state index in [1.807, 2.05) is 24.3 Å². The molecule has 170 valence electrons. The molecule has 0 aromatic heterocycles. The van der Waals surface area contributed by atoms with Crippen LogP contribution in [-0.4, -0.2) is 19.1 Å². The van der Waals surface area contributed by atoms with Crippen LogP contribution in [0, 0.1) is 0 Å². The first kappa shape index (κ1) is 24.7. The smallest absolute Gasteiger partial charge is 0.255 e. The summed E-state index contributed by atoms with van der Waals surface area (Å²) < 4.78 is 5.69. The van der Waals surface area contributed by atoms with Crippen LogP contribution in [0.1, 0.15) is 80.6 Å². The standard InChI is InChI=1S/C26H39N3O2/c1-2-3-4-9-16-31-17-10-7-5-6-8-11-21-12-14-22(15-13-21)26(30)29-25-19-23(27)18-24(28)20-25/h12-15,18-20H,2-11,16-17,27-28H2,1H3,(H,29,30). The molecule has 0 aliphatic rings. The van der Waals surface area contributed by atoms with Crippen LogP contribution in [0.3, 0.4) is 0 Å². The summed E-state index contributed by atoms with van der Waals surface area (Å²) in [6, 6.07) is 12.9. The first-order chi connectivity index (χ1) is 15.1. The highest BCUT2D eigenvalue weighted by Crippen LogP contribution is 2.19. The number of unbranched alkanes of at least 4 members (excludes halogenated alkanes) is 7. The van der Waals surface area contributed by atoms with Gasteiger partial charge in [-0.25, -0.2) is 0 Å². The summed E-state index contributed by atoms with van der Waals surface area (Å²) in [5, 5.41) is 2.84. The average Bonchev–Trinajstić information content (AvgIpc) is 2.74. The largest absolute Gasteiger partial charge is 0.399 e. The molecule has 0 bridgehead atoms. The maximum Gasteiger partial charge on any atom is 0.255 e. The Labute approximate surface area is 187 Å². The van der Waals surface area contributed by atoms with Gasteiger partial charge in [0, 0.05) is 35.8 Å². The minimum atomic E-state index is -0.163. The van der Waals surface area contributed by atoms with E-state index in [-0.39, 0.29) is 5.91 Å². The molecule has 0 radical (unpaired) electrons. The molecule has 0 saturated carbocycles. The third-order valence-corrected chi connectivity index (χ3v) is 5.35. The second-order valence-electron chi connectivity index (χ2n) is 8.23. The van der Waals surface area contributed by atoms with E-state index >= 15 is 0 Å². The summed E-state index contributed by atoms with van der Waals surface area (Å²) in [5.74, 6) is -0.163. The van der Waals surface area contributed by atoms with Crippen LogP contribution >= 0.6 is 0 Å². The Morgan fingerprint density at radius 3 is 2.03 bits per heavy atom. The Bertz CT molecular complexity index is 754. The van der Waals surface area contributed by atoms with Gasteiger partial charge in [0.2, 0.25) is 0 Å². The minimum absolute atomic E-state index is 0.163. The molecule has 2 rings (SSSR count). The lowest BCUT2D eigenvalue weighted by Crippen LogP contribution is -2.12. The van der Waals surface area contributed by atoms with Crippen molar-refractivity contribution in [2.24, 2.45) is 0 Å². The molecule has 0 aliphatic heterocycles. The van der Waals surface area contributed by atoms with E-state index in [2.05, 4.69) is 12.2 Å². The van der Waals surface area contributed by atoms with Gasteiger partial charge in [-0.05, 0) is 61.6 Å². The number of nitrogens with one attached hydrogen (secondary N) is 1. The van der Waals surface area contributed by atoms with E-state index in [0.29, 0.717) is 22.6 Å². The molecular formula is C26H39N3O2. The Hall–Kier alpha value is -2.53. The van der Waals surface area contributed by atoms with E-state index in [1.54, 1.807) is 18.2 Å². The number of carbonyl (C=O) groups excluding carboxylic acids is 1. The van der Waals surface area contributed by atoms with Gasteiger partial charge < -0.3 is 21.5 Å². The quantitative estimate of drug-likeness (QED) is 0.234. The molecular weight excluding hydrogens is 386 g/mol. The third-order valence-electron chi connectivity index (χ3n) is 5.35. The van der Waals surface area contributed by atoms with Crippen molar-refractivity contribution >= 4 is 23.0 Å². The lowest BCUT2D eigenvalue weighted by molar-refractivity contribution is 0.102. The normalized spacial score (nSPS) is 10.9. The molecule has 31 heavy (non-hydrogen) atoms. The fourth-order valence-electron chi connectivity index (χ4n) is 3.57. The minimum Gasteiger partial charge on any atom is -0.399 e. The molecule has 2 aromatic rings. The van der Waals surface area contributed by atoms with Crippen molar-refractivity contribution in [3.63, 3.8) is 0 Å². The molecule has 5 nitrogen and oxygen atoms in total. The summed E-state index contributed by atoms with van der Waals surface area (Å²) in [6.45, 7) is 4.05. The van der Waals surface area contributed by atoms with Crippen molar-refractivity contribution in [1.29, 1.82) is 0 Å². The Morgan fingerprint density at radius 2 is 1.39 bits per heavy atom. The highest BCUT2D eigenvalue weighted by molar-refractivity contribution is 6.04. The molecule has 0 atom stereocenters. The second kappa shape index (κ2) is 14.5. The van der Waals surface area contributed by atoms with Gasteiger partial charge in [-0.2, -0.15) is 0 Å². The van der Waals surface area contributed by atoms with Gasteiger partial charge in [-0.1, -0.05) is 57.6 Å². The van der Waals surface area contributed by atoms with Gasteiger partial charge in [0.15, 0.2) is 0 Å². The Balaban J connectivity index is 1.57. The number of hydrogen-bond donors (Lipinski definition) is 3. The monoisotopic (exact) mass is 425 g/mol. The molecule has 0 saturated heterocycles. The zero-order valence-electron chi connectivity index (χ0n) is 19.0. The zero-order chi connectivity index (χ0) is 22.3. The van der Waals surface area contributed by atoms with Crippen molar-refractivity contribution in [2.75, 3.05) is 30.0 Å². The van der Waals surface area contributed by atoms with E-state index in [9.17, 15) is 4.79 Å². The molecule has 0 aliphatic carbocycles. The van der Waals surface area contributed by atoms with Gasteiger partial charge in [0.25, 0.3) is 5.91 Å². The number of benzene rings is 2. The number of amides is 1. The van der Waals surface area contributed by atoms with Crippen LogP contribution in [-0.2, 0) is 11.2 Å². The lowest BCUT2D eigenvalue weighted by atomic mass is 10.0. The molecule has 5 N–H and O–H groups in total. The van der Waals surface area contributed by atoms with Crippen LogP contribution in [0.2, 0.25) is 0 Å². The number of nitrogen functional groups attached to an aromatic ring is 2. The first-order valence-corrected chi connectivity index (χ1v) is 11.7. The predicted molar refractivity (Wildman–Crippen MR) is 131 cm³/mol. The fourth-order valence-corrected chi connectivity index (χ4v) is 3.57. The summed E-state index contributed by atoms with van der Waals surface area (Å²) in [6.07, 6.45) is 12.2. The number of hydrogen-bond acceptors (Lipinski definition) is 4. The second-order valence-corrected chi connectivity index (χ2v) is 8.23.